The lowest BCUT2D eigenvalue weighted by Gasteiger charge is -2.10. The molecule has 2 aromatic carbocycles. The van der Waals surface area contributed by atoms with Gasteiger partial charge in [-0.25, -0.2) is 8.78 Å². The minimum atomic E-state index is -0.488. The number of halogens is 2. The van der Waals surface area contributed by atoms with Crippen LogP contribution in [0.1, 0.15) is 11.1 Å². The van der Waals surface area contributed by atoms with Crippen LogP contribution in [0.5, 0.6) is 11.5 Å². The largest absolute Gasteiger partial charge is 0.494 e. The molecule has 2 nitrogen and oxygen atoms in total. The van der Waals surface area contributed by atoms with Gasteiger partial charge in [0.25, 0.3) is 0 Å². The lowest BCUT2D eigenvalue weighted by molar-refractivity contribution is 0.281. The molecule has 0 saturated heterocycles. The Morgan fingerprint density at radius 1 is 1.05 bits per heavy atom. The highest BCUT2D eigenvalue weighted by Gasteiger charge is 2.10. The fraction of sp³-hybridized carbons (Fsp3) is 0.200. The Morgan fingerprint density at radius 3 is 2.58 bits per heavy atom. The molecule has 2 aromatic rings. The summed E-state index contributed by atoms with van der Waals surface area (Å²) in [5.41, 5.74) is 1.20. The number of benzene rings is 2. The third-order valence-corrected chi connectivity index (χ3v) is 2.73. The summed E-state index contributed by atoms with van der Waals surface area (Å²) in [5.74, 6) is -0.694. The van der Waals surface area contributed by atoms with E-state index in [2.05, 4.69) is 0 Å². The maximum atomic E-state index is 13.9. The van der Waals surface area contributed by atoms with E-state index in [1.54, 1.807) is 24.3 Å². The van der Waals surface area contributed by atoms with Crippen molar-refractivity contribution in [2.24, 2.45) is 0 Å². The van der Waals surface area contributed by atoms with Gasteiger partial charge in [0.1, 0.15) is 6.61 Å². The normalized spacial score (nSPS) is 10.3. The second kappa shape index (κ2) is 5.69. The molecule has 0 aromatic heterocycles. The molecule has 0 spiro atoms. The lowest BCUT2D eigenvalue weighted by atomic mass is 10.2. The van der Waals surface area contributed by atoms with Gasteiger partial charge in [0.15, 0.2) is 23.1 Å². The quantitative estimate of drug-likeness (QED) is 0.834. The van der Waals surface area contributed by atoms with Crippen molar-refractivity contribution in [3.8, 4) is 11.5 Å². The van der Waals surface area contributed by atoms with Crippen LogP contribution >= 0.6 is 0 Å². The molecule has 0 heterocycles. The van der Waals surface area contributed by atoms with E-state index in [1.165, 1.54) is 19.2 Å². The first-order valence-corrected chi connectivity index (χ1v) is 5.82. The highest BCUT2D eigenvalue weighted by Crippen LogP contribution is 2.23. The van der Waals surface area contributed by atoms with Crippen molar-refractivity contribution in [1.29, 1.82) is 0 Å². The van der Waals surface area contributed by atoms with E-state index < -0.39 is 11.6 Å². The summed E-state index contributed by atoms with van der Waals surface area (Å²) >= 11 is 0. The van der Waals surface area contributed by atoms with Gasteiger partial charge in [-0.1, -0.05) is 18.2 Å². The topological polar surface area (TPSA) is 18.5 Å². The Kier molecular flexibility index (Phi) is 4.00. The van der Waals surface area contributed by atoms with E-state index in [0.717, 1.165) is 5.56 Å². The predicted octanol–water partition coefficient (Wildman–Crippen LogP) is 3.86. The van der Waals surface area contributed by atoms with Crippen molar-refractivity contribution in [3.05, 3.63) is 59.2 Å². The molecule has 0 atom stereocenters. The second-order valence-corrected chi connectivity index (χ2v) is 4.16. The minimum absolute atomic E-state index is 0.0522. The molecular formula is C15H14F2O2. The summed E-state index contributed by atoms with van der Waals surface area (Å²) in [7, 11) is 1.39. The SMILES string of the molecule is COc1cccc(COc2cc(C)ccc2F)c1F. The molecule has 0 N–H and O–H groups in total. The zero-order valence-corrected chi connectivity index (χ0v) is 10.7. The number of hydrogen-bond donors (Lipinski definition) is 0. The van der Waals surface area contributed by atoms with Gasteiger partial charge in [0.05, 0.1) is 7.11 Å². The molecule has 0 aliphatic carbocycles. The number of ether oxygens (including phenoxy) is 2. The Morgan fingerprint density at radius 2 is 1.84 bits per heavy atom. The van der Waals surface area contributed by atoms with E-state index in [-0.39, 0.29) is 18.1 Å². The third-order valence-electron chi connectivity index (χ3n) is 2.73. The molecule has 0 saturated carbocycles. The van der Waals surface area contributed by atoms with Crippen LogP contribution in [-0.2, 0) is 6.61 Å². The first-order valence-electron chi connectivity index (χ1n) is 5.82. The fourth-order valence-electron chi connectivity index (χ4n) is 1.70. The summed E-state index contributed by atoms with van der Waals surface area (Å²) in [4.78, 5) is 0. The minimum Gasteiger partial charge on any atom is -0.494 e. The molecule has 0 amide bonds. The van der Waals surface area contributed by atoms with Crippen molar-refractivity contribution < 1.29 is 18.3 Å². The van der Waals surface area contributed by atoms with Crippen LogP contribution in [-0.4, -0.2) is 7.11 Å². The van der Waals surface area contributed by atoms with E-state index in [0.29, 0.717) is 5.56 Å². The molecule has 0 aliphatic rings. The molecule has 0 aliphatic heterocycles. The molecule has 2 rings (SSSR count). The van der Waals surface area contributed by atoms with Gasteiger partial charge in [0.2, 0.25) is 0 Å². The maximum absolute atomic E-state index is 13.9. The van der Waals surface area contributed by atoms with E-state index >= 15 is 0 Å². The predicted molar refractivity (Wildman–Crippen MR) is 68.4 cm³/mol. The second-order valence-electron chi connectivity index (χ2n) is 4.16. The molecule has 0 fully saturated rings. The summed E-state index contributed by atoms with van der Waals surface area (Å²) in [5, 5.41) is 0. The van der Waals surface area contributed by atoms with Crippen molar-refractivity contribution in [1.82, 2.24) is 0 Å². The zero-order chi connectivity index (χ0) is 13.8. The van der Waals surface area contributed by atoms with Crippen LogP contribution in [0.4, 0.5) is 8.78 Å². The molecular weight excluding hydrogens is 250 g/mol. The first kappa shape index (κ1) is 13.3. The van der Waals surface area contributed by atoms with Crippen molar-refractivity contribution in [3.63, 3.8) is 0 Å². The van der Waals surface area contributed by atoms with Gasteiger partial charge in [-0.2, -0.15) is 0 Å². The maximum Gasteiger partial charge on any atom is 0.171 e. The van der Waals surface area contributed by atoms with Crippen LogP contribution in [0.3, 0.4) is 0 Å². The Labute approximate surface area is 110 Å². The van der Waals surface area contributed by atoms with Crippen molar-refractivity contribution in [2.75, 3.05) is 7.11 Å². The molecule has 100 valence electrons. The molecule has 0 radical (unpaired) electrons. The van der Waals surface area contributed by atoms with Crippen molar-refractivity contribution in [2.45, 2.75) is 13.5 Å². The molecule has 0 unspecified atom stereocenters. The average Bonchev–Trinajstić information content (AvgIpc) is 2.41. The monoisotopic (exact) mass is 264 g/mol. The van der Waals surface area contributed by atoms with Gasteiger partial charge in [0, 0.05) is 5.56 Å². The highest BCUT2D eigenvalue weighted by molar-refractivity contribution is 5.32. The van der Waals surface area contributed by atoms with Gasteiger partial charge in [-0.3, -0.25) is 0 Å². The van der Waals surface area contributed by atoms with Crippen LogP contribution in [0, 0.1) is 18.6 Å². The van der Waals surface area contributed by atoms with Crippen molar-refractivity contribution >= 4 is 0 Å². The van der Waals surface area contributed by atoms with Crippen LogP contribution in [0.2, 0.25) is 0 Å². The van der Waals surface area contributed by atoms with Gasteiger partial charge in [-0.15, -0.1) is 0 Å². The van der Waals surface area contributed by atoms with E-state index in [4.69, 9.17) is 9.47 Å². The fourth-order valence-corrected chi connectivity index (χ4v) is 1.70. The first-order chi connectivity index (χ1) is 9.11. The Bertz CT molecular complexity index is 582. The zero-order valence-electron chi connectivity index (χ0n) is 10.7. The number of aryl methyl sites for hydroxylation is 1. The van der Waals surface area contributed by atoms with Crippen LogP contribution in [0.25, 0.3) is 0 Å². The molecule has 19 heavy (non-hydrogen) atoms. The Hall–Kier alpha value is -2.10. The molecule has 0 bridgehead atoms. The number of methoxy groups -OCH3 is 1. The summed E-state index contributed by atoms with van der Waals surface area (Å²) < 4.78 is 37.5. The van der Waals surface area contributed by atoms with Gasteiger partial charge >= 0.3 is 0 Å². The standard InChI is InChI=1S/C15H14F2O2/c1-10-6-7-12(16)14(8-10)19-9-11-4-3-5-13(18-2)15(11)17/h3-8H,9H2,1-2H3. The summed E-state index contributed by atoms with van der Waals surface area (Å²) in [6.45, 7) is 1.78. The smallest absolute Gasteiger partial charge is 0.171 e. The van der Waals surface area contributed by atoms with Crippen LogP contribution < -0.4 is 9.47 Å². The van der Waals surface area contributed by atoms with Gasteiger partial charge < -0.3 is 9.47 Å². The third kappa shape index (κ3) is 3.02. The van der Waals surface area contributed by atoms with E-state index in [1.807, 2.05) is 6.92 Å². The average molecular weight is 264 g/mol. The molecule has 4 heteroatoms. The van der Waals surface area contributed by atoms with Gasteiger partial charge in [-0.05, 0) is 30.7 Å². The summed E-state index contributed by atoms with van der Waals surface area (Å²) in [6, 6.07) is 9.30. The lowest BCUT2D eigenvalue weighted by Crippen LogP contribution is -2.01. The number of hydrogen-bond acceptors (Lipinski definition) is 2. The van der Waals surface area contributed by atoms with Crippen LogP contribution in [0.15, 0.2) is 36.4 Å². The highest BCUT2D eigenvalue weighted by atomic mass is 19.1. The number of rotatable bonds is 4. The Balaban J connectivity index is 2.17. The summed E-state index contributed by atoms with van der Waals surface area (Å²) in [6.07, 6.45) is 0. The van der Waals surface area contributed by atoms with E-state index in [9.17, 15) is 8.78 Å².